The lowest BCUT2D eigenvalue weighted by atomic mass is 10.2. The zero-order valence-corrected chi connectivity index (χ0v) is 17.8. The summed E-state index contributed by atoms with van der Waals surface area (Å²) in [5, 5.41) is 6.89. The molecular formula is C20H30IN5. The lowest BCUT2D eigenvalue weighted by Crippen LogP contribution is -2.45. The second kappa shape index (κ2) is 11.2. The van der Waals surface area contributed by atoms with Gasteiger partial charge in [0.2, 0.25) is 0 Å². The van der Waals surface area contributed by atoms with E-state index >= 15 is 0 Å². The number of likely N-dealkylation sites (tertiary alicyclic amines) is 1. The summed E-state index contributed by atoms with van der Waals surface area (Å²) >= 11 is 0. The van der Waals surface area contributed by atoms with Crippen molar-refractivity contribution in [3.05, 3.63) is 60.4 Å². The van der Waals surface area contributed by atoms with Crippen LogP contribution in [0.2, 0.25) is 0 Å². The smallest absolute Gasteiger partial charge is 0.191 e. The standard InChI is InChI=1S/C20H29N5.HI/c1-21-20(22-11-15-24-12-5-6-13-24)23-16-19-10-7-14-25(19)17-18-8-3-2-4-9-18;/h2-6,8-9,12-13,19H,7,10-11,14-17H2,1H3,(H2,21,22,23);1H. The van der Waals surface area contributed by atoms with Crippen LogP contribution in [-0.4, -0.2) is 48.2 Å². The molecular weight excluding hydrogens is 437 g/mol. The van der Waals surface area contributed by atoms with Gasteiger partial charge in [0.1, 0.15) is 0 Å². The fraction of sp³-hybridized carbons (Fsp3) is 0.450. The van der Waals surface area contributed by atoms with E-state index in [1.54, 1.807) is 0 Å². The molecule has 0 amide bonds. The van der Waals surface area contributed by atoms with Gasteiger partial charge in [0, 0.05) is 51.7 Å². The fourth-order valence-corrected chi connectivity index (χ4v) is 3.41. The molecule has 0 spiro atoms. The third-order valence-electron chi connectivity index (χ3n) is 4.78. The van der Waals surface area contributed by atoms with Gasteiger partial charge in [0.25, 0.3) is 0 Å². The Kier molecular flexibility index (Phi) is 8.97. The molecule has 1 unspecified atom stereocenters. The highest BCUT2D eigenvalue weighted by molar-refractivity contribution is 14.0. The van der Waals surface area contributed by atoms with Crippen molar-refractivity contribution in [2.24, 2.45) is 4.99 Å². The summed E-state index contributed by atoms with van der Waals surface area (Å²) in [4.78, 5) is 6.92. The van der Waals surface area contributed by atoms with E-state index in [0.717, 1.165) is 32.1 Å². The zero-order valence-electron chi connectivity index (χ0n) is 15.5. The minimum absolute atomic E-state index is 0. The van der Waals surface area contributed by atoms with Gasteiger partial charge in [-0.15, -0.1) is 24.0 Å². The quantitative estimate of drug-likeness (QED) is 0.374. The molecule has 2 aromatic rings. The van der Waals surface area contributed by atoms with Gasteiger partial charge >= 0.3 is 0 Å². The van der Waals surface area contributed by atoms with Crippen LogP contribution in [0.15, 0.2) is 59.9 Å². The Morgan fingerprint density at radius 2 is 1.88 bits per heavy atom. The first-order chi connectivity index (χ1) is 12.3. The Bertz CT molecular complexity index is 641. The van der Waals surface area contributed by atoms with Crippen LogP contribution >= 0.6 is 24.0 Å². The molecule has 1 aliphatic rings. The predicted octanol–water partition coefficient (Wildman–Crippen LogP) is 2.94. The summed E-state index contributed by atoms with van der Waals surface area (Å²) in [6, 6.07) is 15.4. The van der Waals surface area contributed by atoms with Crippen molar-refractivity contribution in [3.8, 4) is 0 Å². The largest absolute Gasteiger partial charge is 0.355 e. The molecule has 142 valence electrons. The Hall–Kier alpha value is -1.54. The van der Waals surface area contributed by atoms with Crippen LogP contribution in [0.1, 0.15) is 18.4 Å². The number of nitrogens with zero attached hydrogens (tertiary/aromatic N) is 3. The topological polar surface area (TPSA) is 44.6 Å². The zero-order chi connectivity index (χ0) is 17.3. The van der Waals surface area contributed by atoms with Crippen LogP contribution in [-0.2, 0) is 13.1 Å². The van der Waals surface area contributed by atoms with Gasteiger partial charge in [0.15, 0.2) is 5.96 Å². The molecule has 1 saturated heterocycles. The van der Waals surface area contributed by atoms with Crippen molar-refractivity contribution >= 4 is 29.9 Å². The van der Waals surface area contributed by atoms with E-state index in [4.69, 9.17) is 0 Å². The molecule has 26 heavy (non-hydrogen) atoms. The number of benzene rings is 1. The monoisotopic (exact) mass is 467 g/mol. The van der Waals surface area contributed by atoms with Crippen molar-refractivity contribution in [2.75, 3.05) is 26.7 Å². The first kappa shape index (κ1) is 20.8. The molecule has 1 aromatic carbocycles. The Morgan fingerprint density at radius 1 is 1.12 bits per heavy atom. The maximum atomic E-state index is 4.34. The number of nitrogens with one attached hydrogen (secondary N) is 2. The highest BCUT2D eigenvalue weighted by Crippen LogP contribution is 2.19. The molecule has 6 heteroatoms. The van der Waals surface area contributed by atoms with E-state index in [-0.39, 0.29) is 24.0 Å². The molecule has 1 aliphatic heterocycles. The average Bonchev–Trinajstić information content (AvgIpc) is 3.31. The lowest BCUT2D eigenvalue weighted by molar-refractivity contribution is 0.245. The number of aliphatic imine (C=N–C) groups is 1. The number of halogens is 1. The third-order valence-corrected chi connectivity index (χ3v) is 4.78. The van der Waals surface area contributed by atoms with E-state index in [1.807, 2.05) is 7.05 Å². The fourth-order valence-electron chi connectivity index (χ4n) is 3.41. The summed E-state index contributed by atoms with van der Waals surface area (Å²) in [5.41, 5.74) is 1.39. The average molecular weight is 467 g/mol. The molecule has 1 atom stereocenters. The number of rotatable bonds is 7. The molecule has 1 aromatic heterocycles. The summed E-state index contributed by atoms with van der Waals surface area (Å²) in [6.45, 7) is 4.97. The number of hydrogen-bond acceptors (Lipinski definition) is 2. The van der Waals surface area contributed by atoms with Crippen LogP contribution < -0.4 is 10.6 Å². The van der Waals surface area contributed by atoms with E-state index in [1.165, 1.54) is 24.9 Å². The Morgan fingerprint density at radius 3 is 2.62 bits per heavy atom. The highest BCUT2D eigenvalue weighted by Gasteiger charge is 2.24. The highest BCUT2D eigenvalue weighted by atomic mass is 127. The van der Waals surface area contributed by atoms with Crippen LogP contribution in [0.25, 0.3) is 0 Å². The van der Waals surface area contributed by atoms with Gasteiger partial charge in [-0.1, -0.05) is 30.3 Å². The summed E-state index contributed by atoms with van der Waals surface area (Å²) < 4.78 is 2.17. The SMILES string of the molecule is CN=C(NCCn1cccc1)NCC1CCCN1Cc1ccccc1.I. The van der Waals surface area contributed by atoms with Crippen molar-refractivity contribution in [3.63, 3.8) is 0 Å². The van der Waals surface area contributed by atoms with Gasteiger partial charge in [-0.2, -0.15) is 0 Å². The lowest BCUT2D eigenvalue weighted by Gasteiger charge is -2.25. The van der Waals surface area contributed by atoms with Crippen LogP contribution in [0.3, 0.4) is 0 Å². The number of aromatic nitrogens is 1. The summed E-state index contributed by atoms with van der Waals surface area (Å²) in [7, 11) is 1.83. The van der Waals surface area contributed by atoms with Crippen molar-refractivity contribution in [1.29, 1.82) is 0 Å². The molecule has 0 bridgehead atoms. The van der Waals surface area contributed by atoms with Crippen molar-refractivity contribution in [2.45, 2.75) is 32.0 Å². The van der Waals surface area contributed by atoms with Gasteiger partial charge in [-0.25, -0.2) is 0 Å². The van der Waals surface area contributed by atoms with Crippen LogP contribution in [0, 0.1) is 0 Å². The molecule has 0 saturated carbocycles. The van der Waals surface area contributed by atoms with Crippen LogP contribution in [0.4, 0.5) is 0 Å². The van der Waals surface area contributed by atoms with E-state index in [0.29, 0.717) is 6.04 Å². The van der Waals surface area contributed by atoms with Gasteiger partial charge in [0.05, 0.1) is 0 Å². The van der Waals surface area contributed by atoms with Gasteiger partial charge in [-0.3, -0.25) is 9.89 Å². The number of hydrogen-bond donors (Lipinski definition) is 2. The summed E-state index contributed by atoms with van der Waals surface area (Å²) in [6.07, 6.45) is 6.69. The molecule has 2 heterocycles. The number of guanidine groups is 1. The maximum absolute atomic E-state index is 4.34. The normalized spacial score (nSPS) is 17.7. The minimum atomic E-state index is 0. The van der Waals surface area contributed by atoms with Gasteiger partial charge < -0.3 is 15.2 Å². The first-order valence-electron chi connectivity index (χ1n) is 9.18. The van der Waals surface area contributed by atoms with E-state index < -0.39 is 0 Å². The van der Waals surface area contributed by atoms with Gasteiger partial charge in [-0.05, 0) is 37.1 Å². The van der Waals surface area contributed by atoms with E-state index in [2.05, 4.69) is 80.0 Å². The molecule has 0 aliphatic carbocycles. The molecule has 5 nitrogen and oxygen atoms in total. The van der Waals surface area contributed by atoms with E-state index in [9.17, 15) is 0 Å². The third kappa shape index (κ3) is 6.32. The maximum Gasteiger partial charge on any atom is 0.191 e. The molecule has 0 radical (unpaired) electrons. The summed E-state index contributed by atoms with van der Waals surface area (Å²) in [5.74, 6) is 0.888. The van der Waals surface area contributed by atoms with Crippen molar-refractivity contribution in [1.82, 2.24) is 20.1 Å². The second-order valence-electron chi connectivity index (χ2n) is 6.55. The first-order valence-corrected chi connectivity index (χ1v) is 9.18. The van der Waals surface area contributed by atoms with Crippen LogP contribution in [0.5, 0.6) is 0 Å². The van der Waals surface area contributed by atoms with Crippen molar-refractivity contribution < 1.29 is 0 Å². The minimum Gasteiger partial charge on any atom is -0.355 e. The Labute approximate surface area is 173 Å². The predicted molar refractivity (Wildman–Crippen MR) is 119 cm³/mol. The molecule has 1 fully saturated rings. The molecule has 2 N–H and O–H groups in total. The molecule has 3 rings (SSSR count). The second-order valence-corrected chi connectivity index (χ2v) is 6.55. The Balaban J connectivity index is 0.00000243.